The summed E-state index contributed by atoms with van der Waals surface area (Å²) in [5.41, 5.74) is 1.56. The maximum Gasteiger partial charge on any atom is 0.139 e. The van der Waals surface area contributed by atoms with Gasteiger partial charge >= 0.3 is 0 Å². The molecule has 0 amide bonds. The fourth-order valence-corrected chi connectivity index (χ4v) is 3.76. The molecule has 1 aliphatic rings. The average molecular weight is 341 g/mol. The molecule has 0 heterocycles. The molecular formula is C24H33F. The predicted octanol–water partition coefficient (Wildman–Crippen LogP) is 7.07. The van der Waals surface area contributed by atoms with E-state index in [2.05, 4.69) is 31.8 Å². The Morgan fingerprint density at radius 1 is 1.08 bits per heavy atom. The molecule has 1 aliphatic carbocycles. The van der Waals surface area contributed by atoms with Gasteiger partial charge in [0.2, 0.25) is 0 Å². The monoisotopic (exact) mass is 340 g/mol. The van der Waals surface area contributed by atoms with Crippen molar-refractivity contribution in [2.75, 3.05) is 0 Å². The van der Waals surface area contributed by atoms with E-state index in [0.717, 1.165) is 24.3 Å². The molecule has 0 N–H and O–H groups in total. The number of aryl methyl sites for hydroxylation is 1. The zero-order chi connectivity index (χ0) is 17.9. The van der Waals surface area contributed by atoms with Crippen LogP contribution in [0.25, 0.3) is 0 Å². The van der Waals surface area contributed by atoms with E-state index in [4.69, 9.17) is 0 Å². The second kappa shape index (κ2) is 11.1. The van der Waals surface area contributed by atoms with Gasteiger partial charge in [-0.25, -0.2) is 4.39 Å². The number of benzene rings is 1. The third kappa shape index (κ3) is 7.07. The fraction of sp³-hybridized carbons (Fsp3) is 0.583. The highest BCUT2D eigenvalue weighted by Gasteiger charge is 2.18. The van der Waals surface area contributed by atoms with Crippen LogP contribution in [0.4, 0.5) is 4.39 Å². The summed E-state index contributed by atoms with van der Waals surface area (Å²) in [6.45, 7) is 4.38. The third-order valence-corrected chi connectivity index (χ3v) is 5.34. The van der Waals surface area contributed by atoms with Crippen LogP contribution in [0.1, 0.15) is 82.8 Å². The van der Waals surface area contributed by atoms with Gasteiger partial charge in [0, 0.05) is 0 Å². The first kappa shape index (κ1) is 19.8. The van der Waals surface area contributed by atoms with Crippen molar-refractivity contribution in [1.82, 2.24) is 0 Å². The van der Waals surface area contributed by atoms with Crippen molar-refractivity contribution in [3.8, 4) is 11.8 Å². The number of hydrogen-bond donors (Lipinski definition) is 0. The number of rotatable bonds is 7. The minimum Gasteiger partial charge on any atom is -0.206 e. The van der Waals surface area contributed by atoms with Crippen LogP contribution in [0.5, 0.6) is 0 Å². The molecule has 25 heavy (non-hydrogen) atoms. The molecule has 1 heteroatoms. The number of allylic oxidation sites excluding steroid dienone is 2. The fourth-order valence-electron chi connectivity index (χ4n) is 3.76. The number of hydrogen-bond acceptors (Lipinski definition) is 0. The largest absolute Gasteiger partial charge is 0.206 e. The van der Waals surface area contributed by atoms with Gasteiger partial charge in [-0.1, -0.05) is 69.9 Å². The molecule has 0 nitrogen and oxygen atoms in total. The highest BCUT2D eigenvalue weighted by Crippen LogP contribution is 2.32. The second-order valence-electron chi connectivity index (χ2n) is 7.47. The summed E-state index contributed by atoms with van der Waals surface area (Å²) in [4.78, 5) is 0. The Balaban J connectivity index is 1.78. The Morgan fingerprint density at radius 2 is 1.88 bits per heavy atom. The lowest BCUT2D eigenvalue weighted by Gasteiger charge is -2.26. The summed E-state index contributed by atoms with van der Waals surface area (Å²) in [6, 6.07) is 5.42. The molecule has 1 aromatic carbocycles. The van der Waals surface area contributed by atoms with Crippen molar-refractivity contribution in [3.63, 3.8) is 0 Å². The van der Waals surface area contributed by atoms with E-state index in [1.807, 2.05) is 18.2 Å². The Kier molecular flexibility index (Phi) is 8.81. The molecule has 0 aliphatic heterocycles. The van der Waals surface area contributed by atoms with Crippen LogP contribution in [0.3, 0.4) is 0 Å². The summed E-state index contributed by atoms with van der Waals surface area (Å²) in [7, 11) is 0. The lowest BCUT2D eigenvalue weighted by Crippen LogP contribution is -2.12. The Labute approximate surface area is 153 Å². The Bertz CT molecular complexity index is 594. The van der Waals surface area contributed by atoms with Crippen LogP contribution < -0.4 is 0 Å². The normalized spacial score (nSPS) is 20.4. The lowest BCUT2D eigenvalue weighted by molar-refractivity contribution is 0.289. The molecule has 1 aromatic rings. The van der Waals surface area contributed by atoms with E-state index >= 15 is 0 Å². The van der Waals surface area contributed by atoms with Gasteiger partial charge in [0.05, 0.1) is 5.56 Å². The van der Waals surface area contributed by atoms with Crippen LogP contribution >= 0.6 is 0 Å². The molecule has 0 saturated heterocycles. The number of unbranched alkanes of at least 4 members (excludes halogenated alkanes) is 2. The first-order chi connectivity index (χ1) is 12.2. The van der Waals surface area contributed by atoms with E-state index in [1.54, 1.807) is 6.07 Å². The average Bonchev–Trinajstić information content (AvgIpc) is 2.62. The van der Waals surface area contributed by atoms with Crippen LogP contribution in [0, 0.1) is 29.5 Å². The molecule has 0 bridgehead atoms. The minimum absolute atomic E-state index is 0.195. The van der Waals surface area contributed by atoms with Crippen molar-refractivity contribution in [2.24, 2.45) is 11.8 Å². The SMILES string of the molecule is CCCCC[C@H]1CC[C@H](C=CC#Cc2ccc(CCC)cc2F)CC1. The molecule has 2 rings (SSSR count). The quantitative estimate of drug-likeness (QED) is 0.368. The molecular weight excluding hydrogens is 307 g/mol. The van der Waals surface area contributed by atoms with E-state index in [-0.39, 0.29) is 5.82 Å². The smallest absolute Gasteiger partial charge is 0.139 e. The topological polar surface area (TPSA) is 0 Å². The van der Waals surface area contributed by atoms with Gasteiger partial charge in [-0.05, 0) is 67.7 Å². The predicted molar refractivity (Wildman–Crippen MR) is 106 cm³/mol. The summed E-state index contributed by atoms with van der Waals surface area (Å²) in [5.74, 6) is 7.39. The van der Waals surface area contributed by atoms with Crippen molar-refractivity contribution in [1.29, 1.82) is 0 Å². The molecule has 0 spiro atoms. The Hall–Kier alpha value is -1.55. The summed E-state index contributed by atoms with van der Waals surface area (Å²) in [5, 5.41) is 0. The summed E-state index contributed by atoms with van der Waals surface area (Å²) in [6.07, 6.45) is 16.9. The van der Waals surface area contributed by atoms with Gasteiger partial charge in [0.15, 0.2) is 0 Å². The van der Waals surface area contributed by atoms with Crippen LogP contribution in [-0.2, 0) is 6.42 Å². The molecule has 0 radical (unpaired) electrons. The van der Waals surface area contributed by atoms with Gasteiger partial charge in [0.25, 0.3) is 0 Å². The van der Waals surface area contributed by atoms with E-state index in [0.29, 0.717) is 11.5 Å². The van der Waals surface area contributed by atoms with E-state index in [9.17, 15) is 4.39 Å². The van der Waals surface area contributed by atoms with E-state index < -0.39 is 0 Å². The Morgan fingerprint density at radius 3 is 2.56 bits per heavy atom. The minimum atomic E-state index is -0.195. The summed E-state index contributed by atoms with van der Waals surface area (Å²) >= 11 is 0. The number of halogens is 1. The summed E-state index contributed by atoms with van der Waals surface area (Å²) < 4.78 is 14.0. The second-order valence-corrected chi connectivity index (χ2v) is 7.47. The third-order valence-electron chi connectivity index (χ3n) is 5.34. The molecule has 1 fully saturated rings. The first-order valence-corrected chi connectivity index (χ1v) is 10.2. The van der Waals surface area contributed by atoms with Gasteiger partial charge in [-0.3, -0.25) is 0 Å². The van der Waals surface area contributed by atoms with E-state index in [1.165, 1.54) is 51.4 Å². The van der Waals surface area contributed by atoms with Gasteiger partial charge in [-0.2, -0.15) is 0 Å². The molecule has 0 unspecified atom stereocenters. The van der Waals surface area contributed by atoms with Crippen molar-refractivity contribution < 1.29 is 4.39 Å². The van der Waals surface area contributed by atoms with Gasteiger partial charge < -0.3 is 0 Å². The first-order valence-electron chi connectivity index (χ1n) is 10.2. The van der Waals surface area contributed by atoms with Gasteiger partial charge in [-0.15, -0.1) is 0 Å². The zero-order valence-electron chi connectivity index (χ0n) is 16.0. The van der Waals surface area contributed by atoms with Crippen molar-refractivity contribution in [2.45, 2.75) is 78.1 Å². The molecule has 136 valence electrons. The van der Waals surface area contributed by atoms with Crippen LogP contribution in [0.2, 0.25) is 0 Å². The highest BCUT2D eigenvalue weighted by molar-refractivity contribution is 5.39. The van der Waals surface area contributed by atoms with Crippen molar-refractivity contribution in [3.05, 3.63) is 47.3 Å². The zero-order valence-corrected chi connectivity index (χ0v) is 16.0. The lowest BCUT2D eigenvalue weighted by atomic mass is 9.79. The van der Waals surface area contributed by atoms with Crippen molar-refractivity contribution >= 4 is 0 Å². The van der Waals surface area contributed by atoms with Crippen LogP contribution in [-0.4, -0.2) is 0 Å². The van der Waals surface area contributed by atoms with Crippen LogP contribution in [0.15, 0.2) is 30.4 Å². The standard InChI is InChI=1S/C24H33F/c1-3-5-6-10-20-13-15-21(16-14-20)11-7-8-12-23-18-17-22(9-4-2)19-24(23)25/h7,11,17-21H,3-6,9-10,13-16H2,1-2H3/t20-,21-. The highest BCUT2D eigenvalue weighted by atomic mass is 19.1. The van der Waals surface area contributed by atoms with Gasteiger partial charge in [0.1, 0.15) is 5.82 Å². The molecule has 1 saturated carbocycles. The molecule has 0 atom stereocenters. The maximum atomic E-state index is 14.0. The molecule has 0 aromatic heterocycles. The maximum absolute atomic E-state index is 14.0.